The fraction of sp³-hybridized carbons (Fsp3) is 1.00. The molecule has 0 spiro atoms. The quantitative estimate of drug-likeness (QED) is 0.272. The van der Waals surface area contributed by atoms with E-state index in [1.807, 2.05) is 0 Å². The number of aliphatic hydroxyl groups excluding tert-OH is 1. The Morgan fingerprint density at radius 2 is 1.71 bits per heavy atom. The molecule has 0 aromatic rings. The van der Waals surface area contributed by atoms with Crippen molar-refractivity contribution in [1.29, 1.82) is 0 Å². The molecule has 9 atom stereocenters. The van der Waals surface area contributed by atoms with Gasteiger partial charge in [0.2, 0.25) is 10.4 Å². The Morgan fingerprint density at radius 1 is 1.03 bits per heavy atom. The van der Waals surface area contributed by atoms with Crippen molar-refractivity contribution in [2.45, 2.75) is 97.5 Å². The molecule has 0 heterocycles. The zero-order valence-corrected chi connectivity index (χ0v) is 24.0. The van der Waals surface area contributed by atoms with Crippen LogP contribution in [-0.2, 0) is 14.6 Å². The van der Waals surface area contributed by atoms with Gasteiger partial charge in [-0.15, -0.1) is 0 Å². The number of hydrogen-bond acceptors (Lipinski definition) is 5. The second kappa shape index (κ2) is 10.2. The third kappa shape index (κ3) is 5.35. The van der Waals surface area contributed by atoms with Crippen LogP contribution >= 0.6 is 0 Å². The molecule has 0 saturated heterocycles. The van der Waals surface area contributed by atoms with E-state index in [0.717, 1.165) is 37.0 Å². The predicted molar refractivity (Wildman–Crippen MR) is 115 cm³/mol. The van der Waals surface area contributed by atoms with Crippen molar-refractivity contribution in [2.75, 3.05) is 6.61 Å². The Morgan fingerprint density at radius 3 is 2.42 bits per heavy atom. The van der Waals surface area contributed by atoms with Crippen LogP contribution in [0.1, 0.15) is 91.4 Å². The molecule has 9 unspecified atom stereocenters. The molecule has 174 valence electrons. The van der Waals surface area contributed by atoms with E-state index in [9.17, 15) is 18.1 Å². The molecule has 1 N–H and O–H groups in total. The van der Waals surface area contributed by atoms with Gasteiger partial charge in [0.1, 0.15) is 0 Å². The Kier molecular flexibility index (Phi) is 8.92. The summed E-state index contributed by atoms with van der Waals surface area (Å²) in [5, 5.41) is 10.2. The largest absolute Gasteiger partial charge is 1.00 e. The molecule has 0 amide bonds. The molecule has 0 radical (unpaired) electrons. The smallest absolute Gasteiger partial charge is 0.726 e. The minimum absolute atomic E-state index is 0. The summed E-state index contributed by atoms with van der Waals surface area (Å²) < 4.78 is 36.4. The van der Waals surface area contributed by atoms with Gasteiger partial charge in [0, 0.05) is 0 Å². The second-order valence-electron chi connectivity index (χ2n) is 11.7. The zero-order chi connectivity index (χ0) is 21.7. The van der Waals surface area contributed by atoms with Crippen LogP contribution in [0.2, 0.25) is 0 Å². The molecule has 5 nitrogen and oxygen atoms in total. The molecule has 7 heteroatoms. The Balaban J connectivity index is 0.00000272. The Bertz CT molecular complexity index is 729. The molecule has 0 bridgehead atoms. The SMILES string of the molecule is CC(CCCOS(=O)(=O)[O-])C1CCC2C3CCC4CC(O)CCC4(C)C3CCC12C.[K+]. The summed E-state index contributed by atoms with van der Waals surface area (Å²) in [6, 6.07) is 0. The topological polar surface area (TPSA) is 86.7 Å². The van der Waals surface area contributed by atoms with Gasteiger partial charge in [-0.3, -0.25) is 4.18 Å². The van der Waals surface area contributed by atoms with Gasteiger partial charge in [-0.25, -0.2) is 8.42 Å². The number of fused-ring (bicyclic) bond motifs is 5. The number of hydrogen-bond donors (Lipinski definition) is 1. The first-order valence-corrected chi connectivity index (χ1v) is 13.7. The number of rotatable bonds is 6. The first kappa shape index (κ1) is 27.1. The molecule has 4 rings (SSSR count). The molecule has 31 heavy (non-hydrogen) atoms. The van der Waals surface area contributed by atoms with E-state index in [2.05, 4.69) is 25.0 Å². The molecule has 4 aliphatic rings. The third-order valence-electron chi connectivity index (χ3n) is 10.4. The van der Waals surface area contributed by atoms with Crippen LogP contribution in [0.5, 0.6) is 0 Å². The Hall–Kier alpha value is 1.47. The fourth-order valence-corrected chi connectivity index (χ4v) is 9.30. The molecule has 4 aliphatic carbocycles. The summed E-state index contributed by atoms with van der Waals surface area (Å²) in [5.74, 6) is 4.40. The van der Waals surface area contributed by atoms with Crippen molar-refractivity contribution in [2.24, 2.45) is 46.3 Å². The van der Waals surface area contributed by atoms with Crippen molar-refractivity contribution in [3.8, 4) is 0 Å². The molecule has 4 fully saturated rings. The molecular weight excluding hydrogens is 439 g/mol. The normalized spacial score (nSPS) is 45.7. The Labute approximate surface area is 232 Å². The van der Waals surface area contributed by atoms with Gasteiger partial charge in [-0.1, -0.05) is 20.8 Å². The average molecular weight is 481 g/mol. The van der Waals surface area contributed by atoms with Crippen LogP contribution in [0.4, 0.5) is 0 Å². The summed E-state index contributed by atoms with van der Waals surface area (Å²) in [6.45, 7) is 7.41. The van der Waals surface area contributed by atoms with Crippen LogP contribution in [0, 0.1) is 46.3 Å². The summed E-state index contributed by atoms with van der Waals surface area (Å²) in [5.41, 5.74) is 0.817. The van der Waals surface area contributed by atoms with Crippen LogP contribution in [0.15, 0.2) is 0 Å². The molecule has 0 aromatic carbocycles. The van der Waals surface area contributed by atoms with E-state index >= 15 is 0 Å². The maximum absolute atomic E-state index is 10.7. The van der Waals surface area contributed by atoms with Gasteiger partial charge >= 0.3 is 51.4 Å². The van der Waals surface area contributed by atoms with E-state index in [1.54, 1.807) is 0 Å². The van der Waals surface area contributed by atoms with Gasteiger partial charge in [-0.2, -0.15) is 0 Å². The maximum atomic E-state index is 10.7. The summed E-state index contributed by atoms with van der Waals surface area (Å²) >= 11 is 0. The first-order chi connectivity index (χ1) is 14.0. The predicted octanol–water partition coefficient (Wildman–Crippen LogP) is 1.90. The monoisotopic (exact) mass is 480 g/mol. The van der Waals surface area contributed by atoms with E-state index in [1.165, 1.54) is 44.9 Å². The molecule has 4 saturated carbocycles. The molecular formula is C24H41KO5S. The van der Waals surface area contributed by atoms with Gasteiger partial charge in [0.25, 0.3) is 0 Å². The van der Waals surface area contributed by atoms with Crippen molar-refractivity contribution in [3.63, 3.8) is 0 Å². The van der Waals surface area contributed by atoms with E-state index in [-0.39, 0.29) is 64.1 Å². The standard InChI is InChI=1S/C24H42O5S.K/c1-16(5-4-14-29-30(26,27)28)20-8-9-21-19-7-6-17-15-18(25)10-12-23(17,2)22(19)11-13-24(20,21)3;/h16-22,25H,4-15H2,1-3H3,(H,26,27,28);/q;+1/p-1. The summed E-state index contributed by atoms with van der Waals surface area (Å²) in [4.78, 5) is 0. The van der Waals surface area contributed by atoms with Gasteiger partial charge in [-0.05, 0) is 117 Å². The minimum Gasteiger partial charge on any atom is -0.726 e. The van der Waals surface area contributed by atoms with Crippen molar-refractivity contribution < 1.29 is 73.6 Å². The third-order valence-corrected chi connectivity index (χ3v) is 10.9. The molecule has 0 aromatic heterocycles. The fourth-order valence-electron chi connectivity index (χ4n) is 8.98. The number of aliphatic hydroxyl groups is 1. The van der Waals surface area contributed by atoms with Crippen LogP contribution in [-0.4, -0.2) is 30.8 Å². The van der Waals surface area contributed by atoms with Gasteiger partial charge < -0.3 is 9.66 Å². The van der Waals surface area contributed by atoms with Crippen LogP contribution in [0.25, 0.3) is 0 Å². The second-order valence-corrected chi connectivity index (χ2v) is 12.7. The van der Waals surface area contributed by atoms with Crippen molar-refractivity contribution in [1.82, 2.24) is 0 Å². The van der Waals surface area contributed by atoms with Crippen LogP contribution in [0.3, 0.4) is 0 Å². The van der Waals surface area contributed by atoms with Gasteiger partial charge in [0.15, 0.2) is 0 Å². The summed E-state index contributed by atoms with van der Waals surface area (Å²) in [7, 11) is -4.57. The van der Waals surface area contributed by atoms with Crippen molar-refractivity contribution >= 4 is 10.4 Å². The van der Waals surface area contributed by atoms with Crippen LogP contribution < -0.4 is 51.4 Å². The van der Waals surface area contributed by atoms with E-state index < -0.39 is 10.4 Å². The van der Waals surface area contributed by atoms with E-state index in [0.29, 0.717) is 35.0 Å². The molecule has 0 aliphatic heterocycles. The minimum atomic E-state index is -4.57. The van der Waals surface area contributed by atoms with Crippen molar-refractivity contribution in [3.05, 3.63) is 0 Å². The van der Waals surface area contributed by atoms with E-state index in [4.69, 9.17) is 0 Å². The zero-order valence-electron chi connectivity index (χ0n) is 20.0. The first-order valence-electron chi connectivity index (χ1n) is 12.3. The maximum Gasteiger partial charge on any atom is 1.00 e. The average Bonchev–Trinajstić information content (AvgIpc) is 3.02. The van der Waals surface area contributed by atoms with Gasteiger partial charge in [0.05, 0.1) is 12.7 Å². The summed E-state index contributed by atoms with van der Waals surface area (Å²) in [6.07, 6.45) is 12.6.